The lowest BCUT2D eigenvalue weighted by Gasteiger charge is -2.62. The molecule has 10 unspecified atom stereocenters. The van der Waals surface area contributed by atoms with Gasteiger partial charge in [0.05, 0.1) is 13.2 Å². The number of carbonyl (C=O) groups is 1. The van der Waals surface area contributed by atoms with Gasteiger partial charge in [0.15, 0.2) is 0 Å². The van der Waals surface area contributed by atoms with Crippen LogP contribution < -0.4 is 11.1 Å². The number of nitrogens with one attached hydrogen (secondary N) is 1. The lowest BCUT2D eigenvalue weighted by molar-refractivity contribution is -0.167. The van der Waals surface area contributed by atoms with Gasteiger partial charge in [0.25, 0.3) is 0 Å². The molecule has 4 aliphatic rings. The number of carbonyl (C=O) groups excluding carboxylic acids is 1. The molecule has 5 heteroatoms. The number of ether oxygens (including phenoxy) is 1. The SMILES string of the molecule is COC(=O)CCC(C)C1CCC2C3C(O)CC4CC(NCCN)CCC4(C)C3CCC12C. The molecule has 184 valence electrons. The normalized spacial score (nSPS) is 46.6. The Morgan fingerprint density at radius 2 is 1.84 bits per heavy atom. The highest BCUT2D eigenvalue weighted by molar-refractivity contribution is 5.69. The quantitative estimate of drug-likeness (QED) is 0.510. The average Bonchev–Trinajstić information content (AvgIpc) is 3.13. The molecular weight excluding hydrogens is 400 g/mol. The van der Waals surface area contributed by atoms with Crippen LogP contribution >= 0.6 is 0 Å². The van der Waals surface area contributed by atoms with Crippen molar-refractivity contribution in [1.29, 1.82) is 0 Å². The summed E-state index contributed by atoms with van der Waals surface area (Å²) in [5.41, 5.74) is 6.40. The molecule has 4 N–H and O–H groups in total. The van der Waals surface area contributed by atoms with Crippen molar-refractivity contribution in [3.8, 4) is 0 Å². The molecule has 4 fully saturated rings. The van der Waals surface area contributed by atoms with Crippen LogP contribution in [0.1, 0.15) is 85.0 Å². The monoisotopic (exact) mass is 448 g/mol. The van der Waals surface area contributed by atoms with E-state index in [1.54, 1.807) is 0 Å². The summed E-state index contributed by atoms with van der Waals surface area (Å²) in [6, 6.07) is 0.570. The molecule has 0 radical (unpaired) electrons. The third-order valence-electron chi connectivity index (χ3n) is 11.1. The second-order valence-corrected chi connectivity index (χ2v) is 12.3. The number of aliphatic hydroxyl groups excluding tert-OH is 1. The van der Waals surface area contributed by atoms with Gasteiger partial charge >= 0.3 is 5.97 Å². The third kappa shape index (κ3) is 4.15. The Morgan fingerprint density at radius 1 is 1.12 bits per heavy atom. The van der Waals surface area contributed by atoms with Gasteiger partial charge in [-0.25, -0.2) is 0 Å². The molecule has 10 atom stereocenters. The molecular formula is C27H48N2O3. The molecule has 4 aliphatic carbocycles. The van der Waals surface area contributed by atoms with E-state index in [9.17, 15) is 9.90 Å². The Balaban J connectivity index is 1.48. The fraction of sp³-hybridized carbons (Fsp3) is 0.963. The maximum Gasteiger partial charge on any atom is 0.305 e. The molecule has 0 heterocycles. The fourth-order valence-corrected chi connectivity index (χ4v) is 9.32. The van der Waals surface area contributed by atoms with Crippen molar-refractivity contribution in [2.75, 3.05) is 20.2 Å². The average molecular weight is 449 g/mol. The summed E-state index contributed by atoms with van der Waals surface area (Å²) >= 11 is 0. The first-order chi connectivity index (χ1) is 15.2. The number of rotatable bonds is 7. The van der Waals surface area contributed by atoms with Crippen molar-refractivity contribution < 1.29 is 14.6 Å². The van der Waals surface area contributed by atoms with Crippen LogP contribution in [-0.4, -0.2) is 43.4 Å². The number of esters is 1. The molecule has 0 saturated heterocycles. The van der Waals surface area contributed by atoms with Crippen molar-refractivity contribution in [3.63, 3.8) is 0 Å². The zero-order chi connectivity index (χ0) is 23.1. The van der Waals surface area contributed by atoms with Gasteiger partial charge in [-0.3, -0.25) is 4.79 Å². The topological polar surface area (TPSA) is 84.6 Å². The molecule has 0 aliphatic heterocycles. The van der Waals surface area contributed by atoms with Crippen LogP contribution in [0.3, 0.4) is 0 Å². The van der Waals surface area contributed by atoms with Crippen molar-refractivity contribution in [2.45, 2.75) is 97.1 Å². The van der Waals surface area contributed by atoms with Crippen LogP contribution in [0.2, 0.25) is 0 Å². The maximum absolute atomic E-state index is 11.7. The number of fused-ring (bicyclic) bond motifs is 5. The van der Waals surface area contributed by atoms with Crippen LogP contribution in [0, 0.1) is 46.3 Å². The molecule has 4 saturated carbocycles. The highest BCUT2D eigenvalue weighted by Gasteiger charge is 2.62. The molecule has 5 nitrogen and oxygen atoms in total. The van der Waals surface area contributed by atoms with Gasteiger partial charge < -0.3 is 20.9 Å². The summed E-state index contributed by atoms with van der Waals surface area (Å²) in [4.78, 5) is 11.7. The van der Waals surface area contributed by atoms with Crippen LogP contribution in [-0.2, 0) is 9.53 Å². The standard InChI is InChI=1S/C27H48N2O3/c1-17(5-8-24(31)32-4)20-6-7-21-25-22(10-12-27(20,21)3)26(2)11-9-19(29-14-13-28)15-18(26)16-23(25)30/h17-23,25,29-30H,5-16,28H2,1-4H3. The highest BCUT2D eigenvalue weighted by atomic mass is 16.5. The van der Waals surface area contributed by atoms with Crippen molar-refractivity contribution in [1.82, 2.24) is 5.32 Å². The summed E-state index contributed by atoms with van der Waals surface area (Å²) in [7, 11) is 1.49. The summed E-state index contributed by atoms with van der Waals surface area (Å²) < 4.78 is 4.89. The van der Waals surface area contributed by atoms with E-state index in [-0.39, 0.29) is 12.1 Å². The Bertz CT molecular complexity index is 671. The minimum atomic E-state index is -0.153. The van der Waals surface area contributed by atoms with Gasteiger partial charge in [0.2, 0.25) is 0 Å². The second-order valence-electron chi connectivity index (χ2n) is 12.3. The first-order valence-electron chi connectivity index (χ1n) is 13.4. The fourth-order valence-electron chi connectivity index (χ4n) is 9.32. The van der Waals surface area contributed by atoms with E-state index < -0.39 is 0 Å². The lowest BCUT2D eigenvalue weighted by atomic mass is 9.43. The molecule has 4 rings (SSSR count). The molecule has 0 bridgehead atoms. The van der Waals surface area contributed by atoms with Gasteiger partial charge in [0.1, 0.15) is 0 Å². The molecule has 0 aromatic carbocycles. The molecule has 32 heavy (non-hydrogen) atoms. The van der Waals surface area contributed by atoms with Crippen LogP contribution in [0.4, 0.5) is 0 Å². The van der Waals surface area contributed by atoms with Crippen molar-refractivity contribution in [2.24, 2.45) is 52.1 Å². The van der Waals surface area contributed by atoms with Gasteiger partial charge in [0, 0.05) is 25.6 Å². The summed E-state index contributed by atoms with van der Waals surface area (Å²) in [6.45, 7) is 9.03. The molecule has 0 amide bonds. The maximum atomic E-state index is 11.7. The minimum Gasteiger partial charge on any atom is -0.469 e. The summed E-state index contributed by atoms with van der Waals surface area (Å²) in [6.07, 6.45) is 11.1. The molecule has 0 aromatic rings. The van der Waals surface area contributed by atoms with E-state index >= 15 is 0 Å². The Hall–Kier alpha value is -0.650. The zero-order valence-corrected chi connectivity index (χ0v) is 20.9. The van der Waals surface area contributed by atoms with Crippen LogP contribution in [0.25, 0.3) is 0 Å². The largest absolute Gasteiger partial charge is 0.469 e. The summed E-state index contributed by atoms with van der Waals surface area (Å²) in [5, 5.41) is 15.2. The van der Waals surface area contributed by atoms with Gasteiger partial charge in [-0.2, -0.15) is 0 Å². The number of hydrogen-bond donors (Lipinski definition) is 3. The first kappa shape index (κ1) is 24.5. The van der Waals surface area contributed by atoms with E-state index in [1.165, 1.54) is 52.1 Å². The predicted molar refractivity (Wildman–Crippen MR) is 128 cm³/mol. The van der Waals surface area contributed by atoms with E-state index in [0.29, 0.717) is 65.3 Å². The van der Waals surface area contributed by atoms with E-state index in [1.807, 2.05) is 0 Å². The van der Waals surface area contributed by atoms with Crippen molar-refractivity contribution >= 4 is 5.97 Å². The van der Waals surface area contributed by atoms with E-state index in [0.717, 1.165) is 19.4 Å². The number of methoxy groups -OCH3 is 1. The van der Waals surface area contributed by atoms with E-state index in [2.05, 4.69) is 26.1 Å². The summed E-state index contributed by atoms with van der Waals surface area (Å²) in [5.74, 6) is 3.49. The smallest absolute Gasteiger partial charge is 0.305 e. The third-order valence-corrected chi connectivity index (χ3v) is 11.1. The van der Waals surface area contributed by atoms with Crippen LogP contribution in [0.15, 0.2) is 0 Å². The van der Waals surface area contributed by atoms with Gasteiger partial charge in [-0.05, 0) is 104 Å². The Kier molecular flexibility index (Phi) is 7.30. The minimum absolute atomic E-state index is 0.0847. The van der Waals surface area contributed by atoms with E-state index in [4.69, 9.17) is 10.5 Å². The van der Waals surface area contributed by atoms with Gasteiger partial charge in [-0.1, -0.05) is 20.8 Å². The number of nitrogens with two attached hydrogens (primary N) is 1. The first-order valence-corrected chi connectivity index (χ1v) is 13.4. The van der Waals surface area contributed by atoms with Gasteiger partial charge in [-0.15, -0.1) is 0 Å². The second kappa shape index (κ2) is 9.54. The number of aliphatic hydroxyl groups is 1. The Labute approximate surface area is 195 Å². The number of hydrogen-bond acceptors (Lipinski definition) is 5. The molecule has 0 aromatic heterocycles. The lowest BCUT2D eigenvalue weighted by Crippen LogP contribution is -2.59. The zero-order valence-electron chi connectivity index (χ0n) is 20.9. The molecule has 0 spiro atoms. The highest BCUT2D eigenvalue weighted by Crippen LogP contribution is 2.68. The predicted octanol–water partition coefficient (Wildman–Crippen LogP) is 4.12. The van der Waals surface area contributed by atoms with Crippen molar-refractivity contribution in [3.05, 3.63) is 0 Å². The Morgan fingerprint density at radius 3 is 2.56 bits per heavy atom. The van der Waals surface area contributed by atoms with Crippen LogP contribution in [0.5, 0.6) is 0 Å².